The molecule has 0 fully saturated rings. The minimum absolute atomic E-state index is 0.330. The van der Waals surface area contributed by atoms with Gasteiger partial charge in [-0.2, -0.15) is 0 Å². The summed E-state index contributed by atoms with van der Waals surface area (Å²) >= 11 is 0. The third-order valence-corrected chi connectivity index (χ3v) is 3.84. The smallest absolute Gasteiger partial charge is 0.417 e. The number of pyridine rings is 2. The van der Waals surface area contributed by atoms with Crippen molar-refractivity contribution in [2.24, 2.45) is 0 Å². The molecule has 0 atom stereocenters. The van der Waals surface area contributed by atoms with Crippen LogP contribution in [0, 0.1) is 0 Å². The van der Waals surface area contributed by atoms with E-state index in [9.17, 15) is 4.79 Å². The Bertz CT molecular complexity index is 972. The molecule has 8 nitrogen and oxygen atoms in total. The standard InChI is InChI=1S/C16H18N6O2/c1-16(2,3)24-15(23)22-8-7-21-12-10-9(5-4-6-18-10)19-13(17)11(12)20-14(21)22/h4-6H,7-8H2,1-3H3,(H2,17,19). The summed E-state index contributed by atoms with van der Waals surface area (Å²) in [7, 11) is 0. The van der Waals surface area contributed by atoms with E-state index < -0.39 is 11.7 Å². The average Bonchev–Trinajstić information content (AvgIpc) is 3.04. The van der Waals surface area contributed by atoms with Crippen LogP contribution in [0.15, 0.2) is 18.3 Å². The molecule has 0 saturated carbocycles. The number of nitrogens with two attached hydrogens (primary N) is 1. The minimum atomic E-state index is -0.564. The number of imidazole rings is 1. The maximum atomic E-state index is 12.4. The maximum absolute atomic E-state index is 12.4. The Morgan fingerprint density at radius 2 is 2.04 bits per heavy atom. The molecule has 0 unspecified atom stereocenters. The first-order valence-corrected chi connectivity index (χ1v) is 7.76. The summed E-state index contributed by atoms with van der Waals surface area (Å²) in [5, 5.41) is 0. The van der Waals surface area contributed by atoms with Crippen molar-refractivity contribution in [3.63, 3.8) is 0 Å². The first-order chi connectivity index (χ1) is 11.3. The molecule has 0 radical (unpaired) electrons. The molecule has 3 aromatic rings. The van der Waals surface area contributed by atoms with Crippen LogP contribution in [0.2, 0.25) is 0 Å². The fraction of sp³-hybridized carbons (Fsp3) is 0.375. The number of anilines is 2. The zero-order valence-electron chi connectivity index (χ0n) is 13.8. The van der Waals surface area contributed by atoms with Crippen molar-refractivity contribution in [3.05, 3.63) is 18.3 Å². The number of carbonyl (C=O) groups is 1. The van der Waals surface area contributed by atoms with Crippen molar-refractivity contribution in [3.8, 4) is 0 Å². The van der Waals surface area contributed by atoms with Gasteiger partial charge in [0, 0.05) is 12.7 Å². The highest BCUT2D eigenvalue weighted by Gasteiger charge is 2.33. The Kier molecular flexibility index (Phi) is 2.93. The van der Waals surface area contributed by atoms with E-state index in [1.807, 2.05) is 37.5 Å². The van der Waals surface area contributed by atoms with Gasteiger partial charge in [-0.05, 0) is 32.9 Å². The zero-order valence-corrected chi connectivity index (χ0v) is 13.8. The molecule has 0 spiro atoms. The van der Waals surface area contributed by atoms with Gasteiger partial charge in [0.2, 0.25) is 5.95 Å². The van der Waals surface area contributed by atoms with E-state index in [1.165, 1.54) is 4.90 Å². The molecule has 8 heteroatoms. The number of carbonyl (C=O) groups excluding carboxylic acids is 1. The number of nitrogens with zero attached hydrogens (tertiary/aromatic N) is 5. The fourth-order valence-electron chi connectivity index (χ4n) is 2.92. The van der Waals surface area contributed by atoms with E-state index in [1.54, 1.807) is 6.20 Å². The lowest BCUT2D eigenvalue weighted by molar-refractivity contribution is 0.0583. The average molecular weight is 326 g/mol. The van der Waals surface area contributed by atoms with Gasteiger partial charge in [-0.25, -0.2) is 19.7 Å². The summed E-state index contributed by atoms with van der Waals surface area (Å²) in [6.45, 7) is 6.62. The summed E-state index contributed by atoms with van der Waals surface area (Å²) in [4.78, 5) is 27.3. The van der Waals surface area contributed by atoms with E-state index in [-0.39, 0.29) is 0 Å². The molecule has 124 valence electrons. The summed E-state index contributed by atoms with van der Waals surface area (Å²) in [5.74, 6) is 0.849. The second-order valence-electron chi connectivity index (χ2n) is 6.76. The van der Waals surface area contributed by atoms with Gasteiger partial charge in [0.15, 0.2) is 5.82 Å². The second-order valence-corrected chi connectivity index (χ2v) is 6.76. The van der Waals surface area contributed by atoms with Crippen LogP contribution in [0.5, 0.6) is 0 Å². The molecule has 1 aliphatic heterocycles. The molecule has 0 aliphatic carbocycles. The third-order valence-electron chi connectivity index (χ3n) is 3.84. The van der Waals surface area contributed by atoms with Crippen molar-refractivity contribution >= 4 is 39.9 Å². The van der Waals surface area contributed by atoms with Gasteiger partial charge in [-0.15, -0.1) is 0 Å². The van der Waals surface area contributed by atoms with Crippen LogP contribution < -0.4 is 10.6 Å². The van der Waals surface area contributed by atoms with Crippen LogP contribution in [-0.4, -0.2) is 37.8 Å². The van der Waals surface area contributed by atoms with Crippen molar-refractivity contribution < 1.29 is 9.53 Å². The molecule has 1 aliphatic rings. The van der Waals surface area contributed by atoms with Gasteiger partial charge in [0.1, 0.15) is 22.2 Å². The highest BCUT2D eigenvalue weighted by molar-refractivity contribution is 6.06. The lowest BCUT2D eigenvalue weighted by Gasteiger charge is -2.23. The van der Waals surface area contributed by atoms with Crippen LogP contribution in [-0.2, 0) is 11.3 Å². The number of rotatable bonds is 0. The Hall–Kier alpha value is -2.90. The molecule has 0 saturated heterocycles. The first-order valence-electron chi connectivity index (χ1n) is 7.76. The summed E-state index contributed by atoms with van der Waals surface area (Å²) in [5.41, 5.74) is 8.29. The van der Waals surface area contributed by atoms with E-state index >= 15 is 0 Å². The molecule has 4 heterocycles. The van der Waals surface area contributed by atoms with Crippen LogP contribution in [0.25, 0.3) is 22.1 Å². The number of ether oxygens (including phenoxy) is 1. The van der Waals surface area contributed by atoms with Crippen LogP contribution in [0.4, 0.5) is 16.6 Å². The molecule has 1 amide bonds. The molecular weight excluding hydrogens is 308 g/mol. The van der Waals surface area contributed by atoms with Crippen LogP contribution in [0.1, 0.15) is 20.8 Å². The SMILES string of the molecule is CC(C)(C)OC(=O)N1CCn2c1nc1c(N)nc3cccnc3c12. The highest BCUT2D eigenvalue weighted by Crippen LogP contribution is 2.33. The van der Waals surface area contributed by atoms with Crippen molar-refractivity contribution in [1.29, 1.82) is 0 Å². The van der Waals surface area contributed by atoms with Crippen molar-refractivity contribution in [1.82, 2.24) is 19.5 Å². The minimum Gasteiger partial charge on any atom is -0.443 e. The Balaban J connectivity index is 1.89. The summed E-state index contributed by atoms with van der Waals surface area (Å²) < 4.78 is 7.41. The van der Waals surface area contributed by atoms with Gasteiger partial charge in [0.25, 0.3) is 0 Å². The lowest BCUT2D eigenvalue weighted by atomic mass is 10.2. The van der Waals surface area contributed by atoms with Crippen molar-refractivity contribution in [2.75, 3.05) is 17.2 Å². The predicted octanol–water partition coefficient (Wildman–Crippen LogP) is 2.32. The monoisotopic (exact) mass is 326 g/mol. The third kappa shape index (κ3) is 2.14. The number of amides is 1. The molecule has 0 bridgehead atoms. The zero-order chi connectivity index (χ0) is 17.1. The van der Waals surface area contributed by atoms with E-state index in [0.717, 1.165) is 11.0 Å². The largest absolute Gasteiger partial charge is 0.443 e. The topological polar surface area (TPSA) is 99.2 Å². The number of nitrogen functional groups attached to an aromatic ring is 1. The second kappa shape index (κ2) is 4.80. The number of aromatic nitrogens is 4. The Morgan fingerprint density at radius 1 is 1.25 bits per heavy atom. The maximum Gasteiger partial charge on any atom is 0.417 e. The van der Waals surface area contributed by atoms with Gasteiger partial charge >= 0.3 is 6.09 Å². The summed E-state index contributed by atoms with van der Waals surface area (Å²) in [6.07, 6.45) is 1.29. The van der Waals surface area contributed by atoms with Gasteiger partial charge in [-0.1, -0.05) is 0 Å². The number of hydrogen-bond donors (Lipinski definition) is 1. The van der Waals surface area contributed by atoms with E-state index in [0.29, 0.717) is 35.9 Å². The molecule has 4 rings (SSSR count). The van der Waals surface area contributed by atoms with Gasteiger partial charge in [0.05, 0.1) is 12.1 Å². The predicted molar refractivity (Wildman–Crippen MR) is 90.8 cm³/mol. The van der Waals surface area contributed by atoms with Gasteiger partial charge < -0.3 is 15.0 Å². The molecule has 24 heavy (non-hydrogen) atoms. The van der Waals surface area contributed by atoms with Gasteiger partial charge in [-0.3, -0.25) is 4.98 Å². The van der Waals surface area contributed by atoms with E-state index in [2.05, 4.69) is 15.0 Å². The lowest BCUT2D eigenvalue weighted by Crippen LogP contribution is -2.36. The quantitative estimate of drug-likeness (QED) is 0.680. The first kappa shape index (κ1) is 14.7. The molecule has 0 aromatic carbocycles. The highest BCUT2D eigenvalue weighted by atomic mass is 16.6. The molecule has 3 aromatic heterocycles. The molecular formula is C16H18N6O2. The van der Waals surface area contributed by atoms with E-state index in [4.69, 9.17) is 10.5 Å². The fourth-order valence-corrected chi connectivity index (χ4v) is 2.92. The van der Waals surface area contributed by atoms with Crippen molar-refractivity contribution in [2.45, 2.75) is 32.9 Å². The Morgan fingerprint density at radius 3 is 2.79 bits per heavy atom. The molecule has 2 N–H and O–H groups in total. The number of hydrogen-bond acceptors (Lipinski definition) is 6. The van der Waals surface area contributed by atoms with Crippen LogP contribution >= 0.6 is 0 Å². The summed E-state index contributed by atoms with van der Waals surface area (Å²) in [6, 6.07) is 3.67. The Labute approximate surface area is 138 Å². The number of fused-ring (bicyclic) bond motifs is 5. The van der Waals surface area contributed by atoms with Crippen LogP contribution in [0.3, 0.4) is 0 Å². The normalized spacial score (nSPS) is 14.4.